The molecule has 4 nitrogen and oxygen atoms in total. The quantitative estimate of drug-likeness (QED) is 0.834. The SMILES string of the molecule is CCN(Cc1ccccc1)C(=O)CCN1CCC[C@H]1CO. The lowest BCUT2D eigenvalue weighted by molar-refractivity contribution is -0.132. The Morgan fingerprint density at radius 1 is 1.38 bits per heavy atom. The summed E-state index contributed by atoms with van der Waals surface area (Å²) in [6.45, 7) is 5.40. The van der Waals surface area contributed by atoms with Gasteiger partial charge in [0.25, 0.3) is 0 Å². The van der Waals surface area contributed by atoms with Crippen molar-refractivity contribution >= 4 is 5.91 Å². The Morgan fingerprint density at radius 2 is 2.14 bits per heavy atom. The summed E-state index contributed by atoms with van der Waals surface area (Å²) in [5.41, 5.74) is 1.17. The molecule has 0 aliphatic carbocycles. The molecule has 1 heterocycles. The highest BCUT2D eigenvalue weighted by atomic mass is 16.3. The molecule has 0 unspecified atom stereocenters. The van der Waals surface area contributed by atoms with Crippen molar-refractivity contribution in [1.82, 2.24) is 9.80 Å². The van der Waals surface area contributed by atoms with Crippen LogP contribution < -0.4 is 0 Å². The van der Waals surface area contributed by atoms with E-state index in [4.69, 9.17) is 0 Å². The summed E-state index contributed by atoms with van der Waals surface area (Å²) < 4.78 is 0. The van der Waals surface area contributed by atoms with Crippen LogP contribution in [-0.4, -0.2) is 53.1 Å². The van der Waals surface area contributed by atoms with Crippen LogP contribution in [0.25, 0.3) is 0 Å². The first kappa shape index (κ1) is 16.0. The van der Waals surface area contributed by atoms with E-state index in [-0.39, 0.29) is 18.6 Å². The van der Waals surface area contributed by atoms with Gasteiger partial charge in [0.2, 0.25) is 5.91 Å². The fourth-order valence-corrected chi connectivity index (χ4v) is 2.97. The van der Waals surface area contributed by atoms with Crippen molar-refractivity contribution in [3.8, 4) is 0 Å². The standard InChI is InChI=1S/C17H26N2O2/c1-2-18(13-15-7-4-3-5-8-15)17(21)10-12-19-11-6-9-16(19)14-20/h3-5,7-8,16,20H,2,6,9-14H2,1H3/t16-/m0/s1. The van der Waals surface area contributed by atoms with Crippen molar-refractivity contribution in [3.05, 3.63) is 35.9 Å². The molecule has 0 radical (unpaired) electrons. The number of aliphatic hydroxyl groups excluding tert-OH is 1. The number of likely N-dealkylation sites (tertiary alicyclic amines) is 1. The molecule has 1 aliphatic heterocycles. The van der Waals surface area contributed by atoms with Gasteiger partial charge in [0, 0.05) is 32.1 Å². The van der Waals surface area contributed by atoms with Gasteiger partial charge in [-0.15, -0.1) is 0 Å². The molecule has 1 N–H and O–H groups in total. The van der Waals surface area contributed by atoms with Crippen molar-refractivity contribution in [2.45, 2.75) is 38.8 Å². The van der Waals surface area contributed by atoms with Gasteiger partial charge in [-0.05, 0) is 31.9 Å². The molecule has 2 rings (SSSR count). The third kappa shape index (κ3) is 4.55. The first-order valence-corrected chi connectivity index (χ1v) is 7.91. The van der Waals surface area contributed by atoms with Gasteiger partial charge in [0.1, 0.15) is 0 Å². The van der Waals surface area contributed by atoms with Gasteiger partial charge in [-0.3, -0.25) is 9.69 Å². The lowest BCUT2D eigenvalue weighted by Crippen LogP contribution is -2.37. The fraction of sp³-hybridized carbons (Fsp3) is 0.588. The van der Waals surface area contributed by atoms with Gasteiger partial charge < -0.3 is 10.0 Å². The molecule has 1 aliphatic rings. The molecule has 1 atom stereocenters. The lowest BCUT2D eigenvalue weighted by atomic mass is 10.2. The number of aliphatic hydroxyl groups is 1. The summed E-state index contributed by atoms with van der Waals surface area (Å²) in [5.74, 6) is 0.199. The monoisotopic (exact) mass is 290 g/mol. The number of carbonyl (C=O) groups excluding carboxylic acids is 1. The molecule has 1 aromatic carbocycles. The molecule has 1 amide bonds. The molecule has 0 saturated carbocycles. The minimum Gasteiger partial charge on any atom is -0.395 e. The van der Waals surface area contributed by atoms with Gasteiger partial charge in [0.15, 0.2) is 0 Å². The maximum atomic E-state index is 12.4. The molecule has 0 aromatic heterocycles. The summed E-state index contributed by atoms with van der Waals surface area (Å²) >= 11 is 0. The number of carbonyl (C=O) groups is 1. The van der Waals surface area contributed by atoms with Crippen LogP contribution in [0.2, 0.25) is 0 Å². The van der Waals surface area contributed by atoms with Crippen molar-refractivity contribution in [1.29, 1.82) is 0 Å². The van der Waals surface area contributed by atoms with Gasteiger partial charge in [-0.2, -0.15) is 0 Å². The van der Waals surface area contributed by atoms with E-state index in [0.717, 1.165) is 32.5 Å². The Balaban J connectivity index is 1.83. The normalized spacial score (nSPS) is 18.9. The van der Waals surface area contributed by atoms with Gasteiger partial charge >= 0.3 is 0 Å². The number of amides is 1. The van der Waals surface area contributed by atoms with Crippen LogP contribution in [0.4, 0.5) is 0 Å². The van der Waals surface area contributed by atoms with Crippen LogP contribution in [0, 0.1) is 0 Å². The van der Waals surface area contributed by atoms with Crippen LogP contribution in [0.15, 0.2) is 30.3 Å². The number of hydrogen-bond donors (Lipinski definition) is 1. The lowest BCUT2D eigenvalue weighted by Gasteiger charge is -2.25. The van der Waals surface area contributed by atoms with Crippen LogP contribution in [0.1, 0.15) is 31.7 Å². The van der Waals surface area contributed by atoms with E-state index in [1.54, 1.807) is 0 Å². The molecule has 21 heavy (non-hydrogen) atoms. The third-order valence-corrected chi connectivity index (χ3v) is 4.27. The number of nitrogens with zero attached hydrogens (tertiary/aromatic N) is 2. The predicted molar refractivity (Wildman–Crippen MR) is 83.8 cm³/mol. The van der Waals surface area contributed by atoms with Gasteiger partial charge in [-0.1, -0.05) is 30.3 Å². The van der Waals surface area contributed by atoms with Crippen LogP contribution >= 0.6 is 0 Å². The number of rotatable bonds is 7. The molecule has 116 valence electrons. The molecule has 1 saturated heterocycles. The average Bonchev–Trinajstić information content (AvgIpc) is 2.98. The van der Waals surface area contributed by atoms with Gasteiger partial charge in [0.05, 0.1) is 6.61 Å². The molecule has 0 spiro atoms. The summed E-state index contributed by atoms with van der Waals surface area (Å²) in [6, 6.07) is 10.4. The summed E-state index contributed by atoms with van der Waals surface area (Å²) in [5, 5.41) is 9.31. The second kappa shape index (κ2) is 8.15. The Morgan fingerprint density at radius 3 is 2.81 bits per heavy atom. The zero-order valence-electron chi connectivity index (χ0n) is 12.9. The highest BCUT2D eigenvalue weighted by Crippen LogP contribution is 2.17. The van der Waals surface area contributed by atoms with E-state index in [2.05, 4.69) is 17.0 Å². The molecule has 1 aromatic rings. The van der Waals surface area contributed by atoms with E-state index in [0.29, 0.717) is 13.0 Å². The first-order chi connectivity index (χ1) is 10.2. The minimum atomic E-state index is 0.199. The topological polar surface area (TPSA) is 43.8 Å². The van der Waals surface area contributed by atoms with Crippen LogP contribution in [0.3, 0.4) is 0 Å². The average molecular weight is 290 g/mol. The van der Waals surface area contributed by atoms with Crippen molar-refractivity contribution in [3.63, 3.8) is 0 Å². The predicted octanol–water partition coefficient (Wildman–Crippen LogP) is 1.88. The first-order valence-electron chi connectivity index (χ1n) is 7.91. The zero-order chi connectivity index (χ0) is 15.1. The summed E-state index contributed by atoms with van der Waals surface area (Å²) in [7, 11) is 0. The number of benzene rings is 1. The van der Waals surface area contributed by atoms with E-state index in [9.17, 15) is 9.90 Å². The molecular formula is C17H26N2O2. The Labute approximate surface area is 127 Å². The van der Waals surface area contributed by atoms with Gasteiger partial charge in [-0.25, -0.2) is 0 Å². The molecular weight excluding hydrogens is 264 g/mol. The van der Waals surface area contributed by atoms with Crippen molar-refractivity contribution < 1.29 is 9.90 Å². The molecule has 1 fully saturated rings. The number of hydrogen-bond acceptors (Lipinski definition) is 3. The summed E-state index contributed by atoms with van der Waals surface area (Å²) in [6.07, 6.45) is 2.71. The molecule has 0 bridgehead atoms. The highest BCUT2D eigenvalue weighted by Gasteiger charge is 2.24. The van der Waals surface area contributed by atoms with Crippen LogP contribution in [-0.2, 0) is 11.3 Å². The third-order valence-electron chi connectivity index (χ3n) is 4.27. The van der Waals surface area contributed by atoms with Crippen molar-refractivity contribution in [2.75, 3.05) is 26.2 Å². The van der Waals surface area contributed by atoms with E-state index in [1.165, 1.54) is 5.56 Å². The summed E-state index contributed by atoms with van der Waals surface area (Å²) in [4.78, 5) is 16.5. The second-order valence-corrected chi connectivity index (χ2v) is 5.66. The Bertz CT molecular complexity index is 436. The van der Waals surface area contributed by atoms with Crippen LogP contribution in [0.5, 0.6) is 0 Å². The van der Waals surface area contributed by atoms with E-state index in [1.807, 2.05) is 30.0 Å². The van der Waals surface area contributed by atoms with E-state index >= 15 is 0 Å². The second-order valence-electron chi connectivity index (χ2n) is 5.66. The Hall–Kier alpha value is -1.39. The fourth-order valence-electron chi connectivity index (χ4n) is 2.97. The molecule has 4 heteroatoms. The maximum Gasteiger partial charge on any atom is 0.224 e. The minimum absolute atomic E-state index is 0.199. The zero-order valence-corrected chi connectivity index (χ0v) is 12.9. The van der Waals surface area contributed by atoms with Crippen molar-refractivity contribution in [2.24, 2.45) is 0 Å². The smallest absolute Gasteiger partial charge is 0.224 e. The van der Waals surface area contributed by atoms with E-state index < -0.39 is 0 Å². The highest BCUT2D eigenvalue weighted by molar-refractivity contribution is 5.76. The largest absolute Gasteiger partial charge is 0.395 e. The maximum absolute atomic E-state index is 12.4. The Kier molecular flexibility index (Phi) is 6.21.